The fourth-order valence-electron chi connectivity index (χ4n) is 1.63. The number of hydrogen-bond acceptors (Lipinski definition) is 3. The zero-order valence-corrected chi connectivity index (χ0v) is 9.38. The van der Waals surface area contributed by atoms with Gasteiger partial charge in [0.05, 0.1) is 0 Å². The summed E-state index contributed by atoms with van der Waals surface area (Å²) >= 11 is 0. The van der Waals surface area contributed by atoms with E-state index in [2.05, 4.69) is 17.2 Å². The first kappa shape index (κ1) is 10.8. The summed E-state index contributed by atoms with van der Waals surface area (Å²) in [6.07, 6.45) is 0.878. The Hall–Kier alpha value is -1.66. The summed E-state index contributed by atoms with van der Waals surface area (Å²) in [5.41, 5.74) is 1.14. The van der Waals surface area contributed by atoms with Crippen LogP contribution in [-0.4, -0.2) is 13.3 Å². The van der Waals surface area contributed by atoms with Gasteiger partial charge in [0.2, 0.25) is 6.79 Å². The highest BCUT2D eigenvalue weighted by atomic mass is 16.7. The predicted octanol–water partition coefficient (Wildman–Crippen LogP) is 1.92. The molecule has 0 atom stereocenters. The molecule has 1 aliphatic heterocycles. The van der Waals surface area contributed by atoms with Crippen molar-refractivity contribution in [1.82, 2.24) is 5.32 Å². The molecule has 0 spiro atoms. The van der Waals surface area contributed by atoms with Gasteiger partial charge < -0.3 is 14.8 Å². The minimum absolute atomic E-state index is 0.327. The molecule has 0 saturated carbocycles. The van der Waals surface area contributed by atoms with E-state index in [0.717, 1.165) is 36.6 Å². The Morgan fingerprint density at radius 1 is 1.38 bits per heavy atom. The SMILES string of the molecule is CC#CCCNCc1cccc2c1OCO2. The minimum atomic E-state index is 0.327. The normalized spacial score (nSPS) is 12.1. The lowest BCUT2D eigenvalue weighted by atomic mass is 10.2. The second kappa shape index (κ2) is 5.43. The highest BCUT2D eigenvalue weighted by molar-refractivity contribution is 5.48. The average molecular weight is 217 g/mol. The number of nitrogens with one attached hydrogen (secondary N) is 1. The monoisotopic (exact) mass is 217 g/mol. The second-order valence-corrected chi connectivity index (χ2v) is 3.50. The Kier molecular flexibility index (Phi) is 3.68. The molecular formula is C13H15NO2. The van der Waals surface area contributed by atoms with Gasteiger partial charge >= 0.3 is 0 Å². The molecule has 0 aliphatic carbocycles. The summed E-state index contributed by atoms with van der Waals surface area (Å²) in [5.74, 6) is 7.60. The Balaban J connectivity index is 1.89. The second-order valence-electron chi connectivity index (χ2n) is 3.50. The zero-order chi connectivity index (χ0) is 11.2. The van der Waals surface area contributed by atoms with Gasteiger partial charge in [0.15, 0.2) is 11.5 Å². The van der Waals surface area contributed by atoms with Gasteiger partial charge in [-0.25, -0.2) is 0 Å². The molecule has 0 saturated heterocycles. The van der Waals surface area contributed by atoms with Crippen molar-refractivity contribution in [3.63, 3.8) is 0 Å². The van der Waals surface area contributed by atoms with Crippen molar-refractivity contribution < 1.29 is 9.47 Å². The van der Waals surface area contributed by atoms with Crippen LogP contribution in [0.5, 0.6) is 11.5 Å². The van der Waals surface area contributed by atoms with Gasteiger partial charge in [-0.1, -0.05) is 12.1 Å². The van der Waals surface area contributed by atoms with E-state index in [4.69, 9.17) is 9.47 Å². The first-order valence-corrected chi connectivity index (χ1v) is 5.39. The van der Waals surface area contributed by atoms with Crippen LogP contribution < -0.4 is 14.8 Å². The number of hydrogen-bond donors (Lipinski definition) is 1. The van der Waals surface area contributed by atoms with Crippen molar-refractivity contribution in [3.05, 3.63) is 23.8 Å². The highest BCUT2D eigenvalue weighted by Crippen LogP contribution is 2.35. The van der Waals surface area contributed by atoms with Gasteiger partial charge in [-0.15, -0.1) is 11.8 Å². The van der Waals surface area contributed by atoms with Gasteiger partial charge in [-0.2, -0.15) is 0 Å². The summed E-state index contributed by atoms with van der Waals surface area (Å²) in [5, 5.41) is 3.33. The topological polar surface area (TPSA) is 30.5 Å². The highest BCUT2D eigenvalue weighted by Gasteiger charge is 2.16. The molecule has 1 aliphatic rings. The predicted molar refractivity (Wildman–Crippen MR) is 62.3 cm³/mol. The van der Waals surface area contributed by atoms with Crippen LogP contribution in [0.15, 0.2) is 18.2 Å². The summed E-state index contributed by atoms with van der Waals surface area (Å²) < 4.78 is 10.7. The summed E-state index contributed by atoms with van der Waals surface area (Å²) in [4.78, 5) is 0. The van der Waals surface area contributed by atoms with E-state index >= 15 is 0 Å². The maximum absolute atomic E-state index is 5.42. The molecule has 0 bridgehead atoms. The number of rotatable bonds is 4. The zero-order valence-electron chi connectivity index (χ0n) is 9.38. The Morgan fingerprint density at radius 3 is 3.19 bits per heavy atom. The van der Waals surface area contributed by atoms with Crippen LogP contribution in [0.3, 0.4) is 0 Å². The number of fused-ring (bicyclic) bond motifs is 1. The van der Waals surface area contributed by atoms with E-state index in [1.807, 2.05) is 25.1 Å². The lowest BCUT2D eigenvalue weighted by Gasteiger charge is -2.06. The third kappa shape index (κ3) is 2.47. The van der Waals surface area contributed by atoms with E-state index in [1.165, 1.54) is 0 Å². The Morgan fingerprint density at radius 2 is 2.31 bits per heavy atom. The van der Waals surface area contributed by atoms with Crippen LogP contribution in [0.1, 0.15) is 18.9 Å². The maximum Gasteiger partial charge on any atom is 0.231 e. The fraction of sp³-hybridized carbons (Fsp3) is 0.385. The third-order valence-electron chi connectivity index (χ3n) is 2.40. The van der Waals surface area contributed by atoms with E-state index in [1.54, 1.807) is 0 Å². The van der Waals surface area contributed by atoms with E-state index in [9.17, 15) is 0 Å². The van der Waals surface area contributed by atoms with Gasteiger partial charge in [0.25, 0.3) is 0 Å². The molecule has 2 rings (SSSR count). The van der Waals surface area contributed by atoms with Crippen LogP contribution in [0, 0.1) is 11.8 Å². The molecule has 1 aromatic rings. The first-order valence-electron chi connectivity index (χ1n) is 5.39. The molecule has 1 aromatic carbocycles. The third-order valence-corrected chi connectivity index (χ3v) is 2.40. The van der Waals surface area contributed by atoms with Crippen molar-refractivity contribution in [2.24, 2.45) is 0 Å². The lowest BCUT2D eigenvalue weighted by Crippen LogP contribution is -2.14. The van der Waals surface area contributed by atoms with Gasteiger partial charge in [-0.05, 0) is 13.0 Å². The smallest absolute Gasteiger partial charge is 0.231 e. The number of benzene rings is 1. The summed E-state index contributed by atoms with van der Waals surface area (Å²) in [6, 6.07) is 5.96. The van der Waals surface area contributed by atoms with Crippen molar-refractivity contribution >= 4 is 0 Å². The van der Waals surface area contributed by atoms with Crippen molar-refractivity contribution in [2.45, 2.75) is 19.9 Å². The van der Waals surface area contributed by atoms with Gasteiger partial charge in [-0.3, -0.25) is 0 Å². The lowest BCUT2D eigenvalue weighted by molar-refractivity contribution is 0.173. The van der Waals surface area contributed by atoms with E-state index < -0.39 is 0 Å². The largest absolute Gasteiger partial charge is 0.454 e. The van der Waals surface area contributed by atoms with Gasteiger partial charge in [0.1, 0.15) is 0 Å². The average Bonchev–Trinajstić information content (AvgIpc) is 2.77. The van der Waals surface area contributed by atoms with Crippen molar-refractivity contribution in [3.8, 4) is 23.3 Å². The Bertz CT molecular complexity index is 418. The number of para-hydroxylation sites is 1. The van der Waals surface area contributed by atoms with E-state index in [0.29, 0.717) is 6.79 Å². The van der Waals surface area contributed by atoms with Crippen LogP contribution in [-0.2, 0) is 6.54 Å². The van der Waals surface area contributed by atoms with E-state index in [-0.39, 0.29) is 0 Å². The van der Waals surface area contributed by atoms with Crippen molar-refractivity contribution in [1.29, 1.82) is 0 Å². The molecule has 0 amide bonds. The Labute approximate surface area is 95.8 Å². The summed E-state index contributed by atoms with van der Waals surface area (Å²) in [7, 11) is 0. The minimum Gasteiger partial charge on any atom is -0.454 e. The number of ether oxygens (including phenoxy) is 2. The molecule has 3 heteroatoms. The molecule has 1 N–H and O–H groups in total. The molecule has 16 heavy (non-hydrogen) atoms. The fourth-order valence-corrected chi connectivity index (χ4v) is 1.63. The quantitative estimate of drug-likeness (QED) is 0.617. The molecule has 1 heterocycles. The molecule has 0 radical (unpaired) electrons. The molecule has 0 fully saturated rings. The standard InChI is InChI=1S/C13H15NO2/c1-2-3-4-8-14-9-11-6-5-7-12-13(11)16-10-15-12/h5-7,14H,4,8-10H2,1H3. The first-order chi connectivity index (χ1) is 7.92. The maximum atomic E-state index is 5.42. The van der Waals surface area contributed by atoms with Crippen LogP contribution in [0.2, 0.25) is 0 Å². The van der Waals surface area contributed by atoms with Crippen LogP contribution >= 0.6 is 0 Å². The van der Waals surface area contributed by atoms with Crippen molar-refractivity contribution in [2.75, 3.05) is 13.3 Å². The molecular weight excluding hydrogens is 202 g/mol. The molecule has 0 unspecified atom stereocenters. The van der Waals surface area contributed by atoms with Gasteiger partial charge in [0, 0.05) is 25.1 Å². The molecule has 84 valence electrons. The molecule has 3 nitrogen and oxygen atoms in total. The van der Waals surface area contributed by atoms with Crippen LogP contribution in [0.25, 0.3) is 0 Å². The summed E-state index contributed by atoms with van der Waals surface area (Å²) in [6.45, 7) is 3.87. The van der Waals surface area contributed by atoms with Crippen LogP contribution in [0.4, 0.5) is 0 Å². The molecule has 0 aromatic heterocycles.